The minimum atomic E-state index is 0.0899. The summed E-state index contributed by atoms with van der Waals surface area (Å²) in [5.74, 6) is 2.61. The van der Waals surface area contributed by atoms with Gasteiger partial charge in [-0.15, -0.1) is 10.2 Å². The lowest BCUT2D eigenvalue weighted by Gasteiger charge is -2.32. The van der Waals surface area contributed by atoms with E-state index in [0.29, 0.717) is 23.5 Å². The van der Waals surface area contributed by atoms with Crippen molar-refractivity contribution in [3.8, 4) is 23.0 Å². The summed E-state index contributed by atoms with van der Waals surface area (Å²) in [7, 11) is 0. The summed E-state index contributed by atoms with van der Waals surface area (Å²) in [4.78, 5) is 2.36. The van der Waals surface area contributed by atoms with Crippen LogP contribution in [0.2, 0.25) is 5.02 Å². The molecule has 1 fully saturated rings. The van der Waals surface area contributed by atoms with E-state index in [4.69, 9.17) is 30.2 Å². The molecule has 156 valence electrons. The lowest BCUT2D eigenvalue weighted by Crippen LogP contribution is -2.43. The van der Waals surface area contributed by atoms with Crippen LogP contribution in [0, 0.1) is 0 Å². The third kappa shape index (κ3) is 4.41. The first kappa shape index (κ1) is 19.7. The van der Waals surface area contributed by atoms with Crippen molar-refractivity contribution in [2.45, 2.75) is 17.9 Å². The number of aromatic nitrogens is 2. The first-order valence-electron chi connectivity index (χ1n) is 9.68. The average Bonchev–Trinajstić information content (AvgIpc) is 3.43. The zero-order valence-electron chi connectivity index (χ0n) is 16.1. The first-order chi connectivity index (χ1) is 14.7. The van der Waals surface area contributed by atoms with Gasteiger partial charge in [0.25, 0.3) is 5.22 Å². The number of thioether (sulfide) groups is 1. The Hall–Kier alpha value is -2.26. The molecule has 5 rings (SSSR count). The first-order valence-corrected chi connectivity index (χ1v) is 11.0. The van der Waals surface area contributed by atoms with Crippen LogP contribution in [-0.2, 0) is 11.3 Å². The Morgan fingerprint density at radius 3 is 2.93 bits per heavy atom. The fourth-order valence-corrected chi connectivity index (χ4v) is 4.43. The van der Waals surface area contributed by atoms with Crippen molar-refractivity contribution in [3.63, 3.8) is 0 Å². The smallest absolute Gasteiger partial charge is 0.276 e. The fraction of sp³-hybridized carbons (Fsp3) is 0.333. The number of benzene rings is 2. The van der Waals surface area contributed by atoms with Crippen molar-refractivity contribution >= 4 is 23.4 Å². The second-order valence-corrected chi connectivity index (χ2v) is 8.45. The lowest BCUT2D eigenvalue weighted by molar-refractivity contribution is -0.0187. The molecular weight excluding hydrogens is 426 g/mol. The van der Waals surface area contributed by atoms with Crippen LogP contribution in [0.1, 0.15) is 5.56 Å². The highest BCUT2D eigenvalue weighted by atomic mass is 35.5. The minimum Gasteiger partial charge on any atom is -0.454 e. The van der Waals surface area contributed by atoms with E-state index in [1.165, 1.54) is 11.8 Å². The number of fused-ring (bicyclic) bond motifs is 1. The molecule has 9 heteroatoms. The van der Waals surface area contributed by atoms with Crippen LogP contribution in [-0.4, -0.2) is 53.4 Å². The molecule has 0 radical (unpaired) electrons. The van der Waals surface area contributed by atoms with Crippen molar-refractivity contribution in [1.82, 2.24) is 15.1 Å². The van der Waals surface area contributed by atoms with Gasteiger partial charge >= 0.3 is 0 Å². The molecule has 0 bridgehead atoms. The molecular formula is C21H20ClN3O4S. The van der Waals surface area contributed by atoms with Crippen molar-refractivity contribution in [1.29, 1.82) is 0 Å². The van der Waals surface area contributed by atoms with Gasteiger partial charge in [0.05, 0.1) is 12.7 Å². The Morgan fingerprint density at radius 1 is 1.10 bits per heavy atom. The molecule has 1 atom stereocenters. The number of hydrogen-bond donors (Lipinski definition) is 0. The van der Waals surface area contributed by atoms with Crippen LogP contribution >= 0.6 is 23.4 Å². The highest BCUT2D eigenvalue weighted by Gasteiger charge is 2.23. The molecule has 30 heavy (non-hydrogen) atoms. The number of nitrogens with zero attached hydrogens (tertiary/aromatic N) is 3. The predicted octanol–water partition coefficient (Wildman–Crippen LogP) is 4.11. The zero-order chi connectivity index (χ0) is 20.3. The molecule has 3 aromatic rings. The van der Waals surface area contributed by atoms with Gasteiger partial charge in [0, 0.05) is 36.0 Å². The monoisotopic (exact) mass is 445 g/mol. The molecule has 2 aliphatic rings. The third-order valence-electron chi connectivity index (χ3n) is 4.99. The van der Waals surface area contributed by atoms with Crippen LogP contribution in [0.3, 0.4) is 0 Å². The molecule has 0 spiro atoms. The van der Waals surface area contributed by atoms with E-state index in [1.54, 1.807) is 0 Å². The number of rotatable bonds is 6. The molecule has 0 saturated carbocycles. The number of hydrogen-bond acceptors (Lipinski definition) is 8. The third-order valence-corrected chi connectivity index (χ3v) is 6.31. The molecule has 7 nitrogen and oxygen atoms in total. The highest BCUT2D eigenvalue weighted by Crippen LogP contribution is 2.36. The predicted molar refractivity (Wildman–Crippen MR) is 113 cm³/mol. The van der Waals surface area contributed by atoms with Crippen LogP contribution in [0.15, 0.2) is 52.1 Å². The van der Waals surface area contributed by atoms with Crippen molar-refractivity contribution < 1.29 is 18.6 Å². The fourth-order valence-electron chi connectivity index (χ4n) is 3.47. The Bertz CT molecular complexity index is 1030. The lowest BCUT2D eigenvalue weighted by atomic mass is 10.2. The molecule has 0 N–H and O–H groups in total. The van der Waals surface area contributed by atoms with Crippen LogP contribution in [0.5, 0.6) is 11.5 Å². The number of morpholine rings is 1. The maximum absolute atomic E-state index is 6.30. The normalized spacial score (nSPS) is 18.6. The van der Waals surface area contributed by atoms with E-state index < -0.39 is 0 Å². The van der Waals surface area contributed by atoms with E-state index in [2.05, 4.69) is 21.2 Å². The molecule has 0 unspecified atom stereocenters. The number of halogens is 1. The second kappa shape index (κ2) is 8.85. The Labute approximate surface area is 183 Å². The van der Waals surface area contributed by atoms with Crippen molar-refractivity contribution in [3.05, 3.63) is 53.1 Å². The topological polar surface area (TPSA) is 69.9 Å². The van der Waals surface area contributed by atoms with E-state index in [0.717, 1.165) is 47.3 Å². The summed E-state index contributed by atoms with van der Waals surface area (Å²) >= 11 is 7.81. The van der Waals surface area contributed by atoms with Gasteiger partial charge < -0.3 is 18.6 Å². The van der Waals surface area contributed by atoms with Gasteiger partial charge in [-0.3, -0.25) is 4.90 Å². The summed E-state index contributed by atoms with van der Waals surface area (Å²) in [6.07, 6.45) is 0.0899. The zero-order valence-corrected chi connectivity index (χ0v) is 17.7. The SMILES string of the molecule is Clc1ccccc1CN1CCO[C@H](CSc2nnc(-c3ccc4c(c3)OCO4)o2)C1. The maximum Gasteiger partial charge on any atom is 0.276 e. The summed E-state index contributed by atoms with van der Waals surface area (Å²) in [6.45, 7) is 3.47. The minimum absolute atomic E-state index is 0.0899. The highest BCUT2D eigenvalue weighted by molar-refractivity contribution is 7.99. The van der Waals surface area contributed by atoms with E-state index in [1.807, 2.05) is 36.4 Å². The molecule has 2 aromatic carbocycles. The maximum atomic E-state index is 6.30. The van der Waals surface area contributed by atoms with Gasteiger partial charge in [0.1, 0.15) is 0 Å². The Morgan fingerprint density at radius 2 is 2.00 bits per heavy atom. The summed E-state index contributed by atoms with van der Waals surface area (Å²) in [5.41, 5.74) is 1.94. The van der Waals surface area contributed by atoms with E-state index in [9.17, 15) is 0 Å². The van der Waals surface area contributed by atoms with Crippen LogP contribution in [0.4, 0.5) is 0 Å². The molecule has 0 aliphatic carbocycles. The van der Waals surface area contributed by atoms with E-state index in [-0.39, 0.29) is 12.9 Å². The van der Waals surface area contributed by atoms with Gasteiger partial charge in [0.2, 0.25) is 12.7 Å². The summed E-state index contributed by atoms with van der Waals surface area (Å²) < 4.78 is 22.5. The van der Waals surface area contributed by atoms with Crippen molar-refractivity contribution in [2.75, 3.05) is 32.2 Å². The Kier molecular flexibility index (Phi) is 5.81. The van der Waals surface area contributed by atoms with E-state index >= 15 is 0 Å². The molecule has 1 saturated heterocycles. The molecule has 3 heterocycles. The average molecular weight is 446 g/mol. The van der Waals surface area contributed by atoms with Gasteiger partial charge in [0.15, 0.2) is 11.5 Å². The summed E-state index contributed by atoms with van der Waals surface area (Å²) in [6, 6.07) is 13.5. The molecule has 0 amide bonds. The summed E-state index contributed by atoms with van der Waals surface area (Å²) in [5, 5.41) is 9.64. The van der Waals surface area contributed by atoms with Gasteiger partial charge in [-0.1, -0.05) is 41.6 Å². The van der Waals surface area contributed by atoms with Crippen molar-refractivity contribution in [2.24, 2.45) is 0 Å². The quantitative estimate of drug-likeness (QED) is 0.525. The molecule has 2 aliphatic heterocycles. The van der Waals surface area contributed by atoms with Gasteiger partial charge in [-0.25, -0.2) is 0 Å². The Balaban J connectivity index is 1.17. The van der Waals surface area contributed by atoms with Gasteiger partial charge in [-0.05, 0) is 29.8 Å². The second-order valence-electron chi connectivity index (χ2n) is 7.07. The van der Waals surface area contributed by atoms with Gasteiger partial charge in [-0.2, -0.15) is 0 Å². The largest absolute Gasteiger partial charge is 0.454 e. The number of ether oxygens (including phenoxy) is 3. The van der Waals surface area contributed by atoms with Crippen LogP contribution in [0.25, 0.3) is 11.5 Å². The standard InChI is InChI=1S/C21H20ClN3O4S/c22-17-4-2-1-3-15(17)10-25-7-8-26-16(11-25)12-30-21-24-23-20(29-21)14-5-6-18-19(9-14)28-13-27-18/h1-6,9,16H,7-8,10-13H2/t16-/m0/s1. The van der Waals surface area contributed by atoms with Crippen LogP contribution < -0.4 is 9.47 Å². The molecule has 1 aromatic heterocycles.